The minimum Gasteiger partial charge on any atom is -0.466 e. The number of amides is 2. The van der Waals surface area contributed by atoms with Gasteiger partial charge in [-0.1, -0.05) is 54.6 Å². The Morgan fingerprint density at radius 2 is 1.50 bits per heavy atom. The molecule has 1 aromatic rings. The van der Waals surface area contributed by atoms with Gasteiger partial charge >= 0.3 is 17.9 Å². The number of carbonyl (C=O) groups excluding carboxylic acids is 5. The fourth-order valence-corrected chi connectivity index (χ4v) is 3.31. The number of rotatable bonds is 14. The van der Waals surface area contributed by atoms with Gasteiger partial charge in [-0.05, 0) is 25.8 Å². The lowest BCUT2D eigenvalue weighted by Crippen LogP contribution is -2.53. The van der Waals surface area contributed by atoms with E-state index in [-0.39, 0.29) is 32.7 Å². The van der Waals surface area contributed by atoms with Crippen LogP contribution in [0.25, 0.3) is 0 Å². The fraction of sp³-hybridized carbons (Fsp3) is 0.423. The summed E-state index contributed by atoms with van der Waals surface area (Å²) < 4.78 is 15.1. The molecule has 1 aliphatic carbocycles. The molecule has 1 aromatic carbocycles. The highest BCUT2D eigenvalue weighted by Gasteiger charge is 2.31. The SMILES string of the molecule is CCOC(=O)CC[C@H](NC(=O)[C@H](CC(=O)OCc1ccccc1)NC(=O)C1C=CC=C1)C(=O)OCC. The second kappa shape index (κ2) is 15.1. The molecule has 36 heavy (non-hydrogen) atoms. The van der Waals surface area contributed by atoms with E-state index in [4.69, 9.17) is 14.2 Å². The second-order valence-electron chi connectivity index (χ2n) is 7.86. The Kier molecular flexibility index (Phi) is 11.9. The smallest absolute Gasteiger partial charge is 0.328 e. The zero-order valence-corrected chi connectivity index (χ0v) is 20.4. The van der Waals surface area contributed by atoms with E-state index in [0.29, 0.717) is 0 Å². The summed E-state index contributed by atoms with van der Waals surface area (Å²) in [5, 5.41) is 5.05. The highest BCUT2D eigenvalue weighted by Crippen LogP contribution is 2.11. The van der Waals surface area contributed by atoms with Gasteiger partial charge in [0.1, 0.15) is 18.7 Å². The van der Waals surface area contributed by atoms with Crippen molar-refractivity contribution >= 4 is 29.7 Å². The fourth-order valence-electron chi connectivity index (χ4n) is 3.31. The number of ether oxygens (including phenoxy) is 3. The second-order valence-corrected chi connectivity index (χ2v) is 7.86. The summed E-state index contributed by atoms with van der Waals surface area (Å²) >= 11 is 0. The third kappa shape index (κ3) is 9.73. The highest BCUT2D eigenvalue weighted by atomic mass is 16.5. The van der Waals surface area contributed by atoms with Crippen molar-refractivity contribution in [3.63, 3.8) is 0 Å². The molecule has 1 aliphatic rings. The number of hydrogen-bond donors (Lipinski definition) is 2. The van der Waals surface area contributed by atoms with Crippen LogP contribution in [0.5, 0.6) is 0 Å². The molecule has 10 heteroatoms. The van der Waals surface area contributed by atoms with Gasteiger partial charge in [0.05, 0.1) is 25.6 Å². The Labute approximate surface area is 210 Å². The van der Waals surface area contributed by atoms with Gasteiger partial charge in [0.25, 0.3) is 0 Å². The summed E-state index contributed by atoms with van der Waals surface area (Å²) in [4.78, 5) is 62.4. The summed E-state index contributed by atoms with van der Waals surface area (Å²) in [6.45, 7) is 3.51. The molecule has 0 spiro atoms. The molecule has 0 bridgehead atoms. The molecule has 0 unspecified atom stereocenters. The van der Waals surface area contributed by atoms with Crippen LogP contribution in [0.1, 0.15) is 38.7 Å². The van der Waals surface area contributed by atoms with Gasteiger partial charge in [-0.2, -0.15) is 0 Å². The van der Waals surface area contributed by atoms with Crippen LogP contribution in [0.15, 0.2) is 54.6 Å². The van der Waals surface area contributed by atoms with E-state index in [9.17, 15) is 24.0 Å². The van der Waals surface area contributed by atoms with Crippen LogP contribution < -0.4 is 10.6 Å². The molecule has 2 N–H and O–H groups in total. The average Bonchev–Trinajstić information content (AvgIpc) is 3.41. The van der Waals surface area contributed by atoms with Crippen LogP contribution in [-0.2, 0) is 44.8 Å². The van der Waals surface area contributed by atoms with E-state index >= 15 is 0 Å². The van der Waals surface area contributed by atoms with Crippen LogP contribution in [0, 0.1) is 5.92 Å². The molecule has 10 nitrogen and oxygen atoms in total. The molecular formula is C26H32N2O8. The van der Waals surface area contributed by atoms with Gasteiger partial charge in [0, 0.05) is 6.42 Å². The van der Waals surface area contributed by atoms with E-state index in [2.05, 4.69) is 10.6 Å². The van der Waals surface area contributed by atoms with Crippen molar-refractivity contribution in [2.75, 3.05) is 13.2 Å². The number of nitrogens with one attached hydrogen (secondary N) is 2. The van der Waals surface area contributed by atoms with Crippen LogP contribution >= 0.6 is 0 Å². The molecule has 2 rings (SSSR count). The molecule has 0 saturated heterocycles. The predicted octanol–water partition coefficient (Wildman–Crippen LogP) is 1.74. The summed E-state index contributed by atoms with van der Waals surface area (Å²) in [5.74, 6) is -3.85. The van der Waals surface area contributed by atoms with E-state index in [0.717, 1.165) is 5.56 Å². The number of carbonyl (C=O) groups is 5. The Morgan fingerprint density at radius 3 is 2.14 bits per heavy atom. The molecule has 0 saturated carbocycles. The van der Waals surface area contributed by atoms with Crippen molar-refractivity contribution in [3.05, 3.63) is 60.2 Å². The first-order chi connectivity index (χ1) is 17.3. The molecule has 2 atom stereocenters. The van der Waals surface area contributed by atoms with Crippen molar-refractivity contribution in [2.45, 2.75) is 51.8 Å². The maximum atomic E-state index is 13.1. The largest absolute Gasteiger partial charge is 0.466 e. The summed E-state index contributed by atoms with van der Waals surface area (Å²) in [5.41, 5.74) is 0.762. The normalized spacial score (nSPS) is 13.9. The Morgan fingerprint density at radius 1 is 0.833 bits per heavy atom. The minimum atomic E-state index is -1.32. The number of allylic oxidation sites excluding steroid dienone is 2. The Balaban J connectivity index is 2.09. The zero-order valence-electron chi connectivity index (χ0n) is 20.4. The van der Waals surface area contributed by atoms with E-state index < -0.39 is 54.1 Å². The van der Waals surface area contributed by atoms with Gasteiger partial charge in [-0.15, -0.1) is 0 Å². The molecular weight excluding hydrogens is 468 g/mol. The van der Waals surface area contributed by atoms with Crippen LogP contribution in [-0.4, -0.2) is 55.0 Å². The standard InChI is InChI=1S/C26H32N2O8/c1-3-34-22(29)15-14-20(26(33)35-4-2)27-25(32)21(28-24(31)19-12-8-9-13-19)16-23(30)36-17-18-10-6-5-7-11-18/h5-13,19-21H,3-4,14-17H2,1-2H3,(H,27,32)(H,28,31)/t20-,21-/m0/s1. The van der Waals surface area contributed by atoms with Crippen molar-refractivity contribution in [1.82, 2.24) is 10.6 Å². The van der Waals surface area contributed by atoms with E-state index in [1.54, 1.807) is 62.4 Å². The average molecular weight is 501 g/mol. The number of esters is 3. The predicted molar refractivity (Wildman–Crippen MR) is 129 cm³/mol. The maximum Gasteiger partial charge on any atom is 0.328 e. The Hall–Kier alpha value is -3.95. The molecule has 0 aromatic heterocycles. The first-order valence-corrected chi connectivity index (χ1v) is 11.8. The monoisotopic (exact) mass is 500 g/mol. The molecule has 194 valence electrons. The lowest BCUT2D eigenvalue weighted by atomic mass is 10.1. The first kappa shape index (κ1) is 28.3. The van der Waals surface area contributed by atoms with Gasteiger partial charge < -0.3 is 24.8 Å². The van der Waals surface area contributed by atoms with Crippen LogP contribution in [0.4, 0.5) is 0 Å². The van der Waals surface area contributed by atoms with Crippen molar-refractivity contribution < 1.29 is 38.2 Å². The summed E-state index contributed by atoms with van der Waals surface area (Å²) in [7, 11) is 0. The molecule has 0 heterocycles. The minimum absolute atomic E-state index is 0.00104. The van der Waals surface area contributed by atoms with Gasteiger partial charge in [0.2, 0.25) is 11.8 Å². The lowest BCUT2D eigenvalue weighted by Gasteiger charge is -2.23. The van der Waals surface area contributed by atoms with Gasteiger partial charge in [-0.3, -0.25) is 19.2 Å². The third-order valence-electron chi connectivity index (χ3n) is 5.13. The van der Waals surface area contributed by atoms with Crippen molar-refractivity contribution in [1.29, 1.82) is 0 Å². The number of hydrogen-bond acceptors (Lipinski definition) is 8. The quantitative estimate of drug-likeness (QED) is 0.291. The van der Waals surface area contributed by atoms with Crippen LogP contribution in [0.2, 0.25) is 0 Å². The first-order valence-electron chi connectivity index (χ1n) is 11.8. The molecule has 0 fully saturated rings. The topological polar surface area (TPSA) is 137 Å². The van der Waals surface area contributed by atoms with E-state index in [1.807, 2.05) is 6.07 Å². The molecule has 0 aliphatic heterocycles. The Bertz CT molecular complexity index is 961. The number of benzene rings is 1. The molecule has 0 radical (unpaired) electrons. The van der Waals surface area contributed by atoms with E-state index in [1.165, 1.54) is 0 Å². The van der Waals surface area contributed by atoms with Crippen molar-refractivity contribution in [3.8, 4) is 0 Å². The summed E-state index contributed by atoms with van der Waals surface area (Å²) in [6, 6.07) is 6.50. The van der Waals surface area contributed by atoms with Gasteiger partial charge in [0.15, 0.2) is 0 Å². The van der Waals surface area contributed by atoms with Gasteiger partial charge in [-0.25, -0.2) is 4.79 Å². The molecule has 2 amide bonds. The highest BCUT2D eigenvalue weighted by molar-refractivity contribution is 5.94. The lowest BCUT2D eigenvalue weighted by molar-refractivity contribution is -0.149. The maximum absolute atomic E-state index is 13.1. The van der Waals surface area contributed by atoms with Crippen LogP contribution in [0.3, 0.4) is 0 Å². The third-order valence-corrected chi connectivity index (χ3v) is 5.13. The summed E-state index contributed by atoms with van der Waals surface area (Å²) in [6.07, 6.45) is 6.00. The zero-order chi connectivity index (χ0) is 26.3. The van der Waals surface area contributed by atoms with Crippen molar-refractivity contribution in [2.24, 2.45) is 5.92 Å².